The minimum atomic E-state index is -4.58. The number of aryl methyl sites for hydroxylation is 1. The minimum Gasteiger partial charge on any atom is -0.368 e. The van der Waals surface area contributed by atoms with Crippen molar-refractivity contribution in [1.82, 2.24) is 14.5 Å². The fraction of sp³-hybridized carbons (Fsp3) is 0.433. The van der Waals surface area contributed by atoms with Gasteiger partial charge in [0.1, 0.15) is 11.6 Å². The Kier molecular flexibility index (Phi) is 11.7. The van der Waals surface area contributed by atoms with Crippen molar-refractivity contribution in [3.63, 3.8) is 0 Å². The second-order valence-corrected chi connectivity index (χ2v) is 8.78. The van der Waals surface area contributed by atoms with Crippen molar-refractivity contribution in [2.24, 2.45) is 5.73 Å². The lowest BCUT2D eigenvalue weighted by molar-refractivity contribution is -0.147. The van der Waals surface area contributed by atoms with E-state index in [4.69, 9.17) is 5.73 Å². The number of aromatic nitrogens is 2. The molecule has 1 unspecified atom stereocenters. The van der Waals surface area contributed by atoms with Crippen molar-refractivity contribution in [2.45, 2.75) is 79.2 Å². The molecule has 0 saturated carbocycles. The lowest BCUT2D eigenvalue weighted by atomic mass is 9.99. The summed E-state index contributed by atoms with van der Waals surface area (Å²) in [5, 5.41) is 0. The van der Waals surface area contributed by atoms with Gasteiger partial charge in [0.2, 0.25) is 5.82 Å². The summed E-state index contributed by atoms with van der Waals surface area (Å²) in [5.74, 6) is -1.98. The van der Waals surface area contributed by atoms with Crippen molar-refractivity contribution in [3.8, 4) is 11.3 Å². The lowest BCUT2D eigenvalue weighted by Gasteiger charge is -2.33. The van der Waals surface area contributed by atoms with Crippen LogP contribution in [0.5, 0.6) is 0 Å². The number of hydrogen-bond acceptors (Lipinski definition) is 3. The first kappa shape index (κ1) is 32.0. The molecule has 4 rings (SSSR count). The van der Waals surface area contributed by atoms with Crippen LogP contribution in [-0.4, -0.2) is 27.0 Å². The van der Waals surface area contributed by atoms with Gasteiger partial charge in [0.25, 0.3) is 0 Å². The highest BCUT2D eigenvalue weighted by atomic mass is 19.4. The van der Waals surface area contributed by atoms with Crippen molar-refractivity contribution >= 4 is 0 Å². The van der Waals surface area contributed by atoms with E-state index < -0.39 is 29.7 Å². The molecule has 1 atom stereocenters. The molecule has 1 aromatic heterocycles. The first-order chi connectivity index (χ1) is 18.6. The predicted molar refractivity (Wildman–Crippen MR) is 147 cm³/mol. The summed E-state index contributed by atoms with van der Waals surface area (Å²) in [6, 6.07) is 10.0. The average molecular weight is 551 g/mol. The van der Waals surface area contributed by atoms with E-state index in [1.165, 1.54) is 4.57 Å². The molecule has 2 heterocycles. The Morgan fingerprint density at radius 1 is 1.03 bits per heavy atom. The second kappa shape index (κ2) is 14.3. The molecule has 0 spiro atoms. The summed E-state index contributed by atoms with van der Waals surface area (Å²) in [4.78, 5) is 5.94. The molecule has 0 amide bonds. The third-order valence-corrected chi connectivity index (χ3v) is 6.35. The van der Waals surface area contributed by atoms with E-state index in [0.717, 1.165) is 23.8 Å². The highest BCUT2D eigenvalue weighted by Gasteiger charge is 2.40. The van der Waals surface area contributed by atoms with E-state index in [0.29, 0.717) is 35.6 Å². The van der Waals surface area contributed by atoms with Gasteiger partial charge >= 0.3 is 6.18 Å². The molecule has 0 bridgehead atoms. The number of alkyl halides is 3. The Balaban J connectivity index is 0.00000127. The SMILES string of the molecule is C=C(CC(N)Cc1cc(F)ccc1F)N1CCn2c(C(F)(F)F)nc(-c3ccccc3CC)c2C1.CC.CC. The maximum atomic E-state index is 14.0. The Morgan fingerprint density at radius 3 is 2.33 bits per heavy atom. The van der Waals surface area contributed by atoms with Crippen LogP contribution in [0.3, 0.4) is 0 Å². The Morgan fingerprint density at radius 2 is 1.69 bits per heavy atom. The van der Waals surface area contributed by atoms with Crippen LogP contribution in [0.25, 0.3) is 11.3 Å². The number of hydrogen-bond donors (Lipinski definition) is 1. The topological polar surface area (TPSA) is 47.1 Å². The molecule has 0 radical (unpaired) electrons. The van der Waals surface area contributed by atoms with E-state index in [2.05, 4.69) is 11.6 Å². The van der Waals surface area contributed by atoms with Gasteiger partial charge in [-0.05, 0) is 42.2 Å². The van der Waals surface area contributed by atoms with Crippen LogP contribution in [0.1, 0.15) is 63.7 Å². The van der Waals surface area contributed by atoms with Crippen LogP contribution in [-0.2, 0) is 32.1 Å². The van der Waals surface area contributed by atoms with E-state index >= 15 is 0 Å². The molecule has 0 saturated heterocycles. The number of halogens is 5. The third-order valence-electron chi connectivity index (χ3n) is 6.35. The highest BCUT2D eigenvalue weighted by Crippen LogP contribution is 2.37. The molecule has 9 heteroatoms. The summed E-state index contributed by atoms with van der Waals surface area (Å²) >= 11 is 0. The van der Waals surface area contributed by atoms with Crippen LogP contribution < -0.4 is 5.73 Å². The first-order valence-corrected chi connectivity index (χ1v) is 13.5. The number of fused-ring (bicyclic) bond motifs is 1. The quantitative estimate of drug-likeness (QED) is 0.306. The molecule has 214 valence electrons. The van der Waals surface area contributed by atoms with Gasteiger partial charge in [-0.3, -0.25) is 0 Å². The average Bonchev–Trinajstić information content (AvgIpc) is 3.32. The van der Waals surface area contributed by atoms with Gasteiger partial charge in [-0.25, -0.2) is 13.8 Å². The monoisotopic (exact) mass is 550 g/mol. The molecule has 0 aliphatic carbocycles. The van der Waals surface area contributed by atoms with Crippen molar-refractivity contribution < 1.29 is 22.0 Å². The smallest absolute Gasteiger partial charge is 0.368 e. The predicted octanol–water partition coefficient (Wildman–Crippen LogP) is 7.75. The Hall–Kier alpha value is -3.20. The maximum Gasteiger partial charge on any atom is 0.449 e. The third kappa shape index (κ3) is 7.68. The number of nitrogens with zero attached hydrogens (tertiary/aromatic N) is 3. The van der Waals surface area contributed by atoms with Crippen LogP contribution in [0, 0.1) is 11.6 Å². The van der Waals surface area contributed by atoms with E-state index in [-0.39, 0.29) is 31.5 Å². The molecule has 2 N–H and O–H groups in total. The Bertz CT molecular complexity index is 1230. The molecule has 4 nitrogen and oxygen atoms in total. The normalized spacial score (nSPS) is 13.5. The second-order valence-electron chi connectivity index (χ2n) is 8.78. The van der Waals surface area contributed by atoms with E-state index in [1.807, 2.05) is 51.7 Å². The molecule has 0 fully saturated rings. The molecule has 39 heavy (non-hydrogen) atoms. The zero-order valence-corrected chi connectivity index (χ0v) is 23.4. The number of nitrogens with two attached hydrogens (primary N) is 1. The number of rotatable bonds is 7. The van der Waals surface area contributed by atoms with E-state index in [1.54, 1.807) is 12.1 Å². The van der Waals surface area contributed by atoms with E-state index in [9.17, 15) is 22.0 Å². The van der Waals surface area contributed by atoms with Crippen molar-refractivity contribution in [3.05, 3.63) is 89.0 Å². The molecule has 1 aliphatic rings. The summed E-state index contributed by atoms with van der Waals surface area (Å²) in [5.41, 5.74) is 9.39. The minimum absolute atomic E-state index is 0.0955. The Labute approximate surface area is 228 Å². The van der Waals surface area contributed by atoms with Gasteiger partial charge < -0.3 is 15.2 Å². The number of imidazole rings is 1. The summed E-state index contributed by atoms with van der Waals surface area (Å²) in [6.07, 6.45) is -3.52. The van der Waals surface area contributed by atoms with Gasteiger partial charge in [-0.2, -0.15) is 13.2 Å². The van der Waals surface area contributed by atoms with Gasteiger partial charge in [-0.15, -0.1) is 0 Å². The van der Waals surface area contributed by atoms with Crippen LogP contribution >= 0.6 is 0 Å². The number of benzene rings is 2. The maximum absolute atomic E-state index is 14.0. The molecule has 2 aromatic carbocycles. The standard InChI is InChI=1S/C26H27F5N4.2C2H6/c1-3-17-6-4-5-7-21(17)24-23-15-34(10-11-35(23)25(33-24)26(29,30)31)16(2)12-20(32)14-18-13-19(27)8-9-22(18)28;2*1-2/h4-9,13,20H,2-3,10-12,14-15,32H2,1H3;2*1-2H3. The summed E-state index contributed by atoms with van der Waals surface area (Å²) in [7, 11) is 0. The fourth-order valence-electron chi connectivity index (χ4n) is 4.62. The van der Waals surface area contributed by atoms with Gasteiger partial charge in [0.05, 0.1) is 17.9 Å². The summed E-state index contributed by atoms with van der Waals surface area (Å²) < 4.78 is 70.1. The molecule has 3 aromatic rings. The first-order valence-electron chi connectivity index (χ1n) is 13.5. The van der Waals surface area contributed by atoms with Gasteiger partial charge in [0.15, 0.2) is 0 Å². The largest absolute Gasteiger partial charge is 0.449 e. The van der Waals surface area contributed by atoms with Crippen LogP contribution in [0.4, 0.5) is 22.0 Å². The molecule has 1 aliphatic heterocycles. The van der Waals surface area contributed by atoms with Crippen LogP contribution in [0.15, 0.2) is 54.7 Å². The van der Waals surface area contributed by atoms with Crippen LogP contribution in [0.2, 0.25) is 0 Å². The fourth-order valence-corrected chi connectivity index (χ4v) is 4.62. The zero-order valence-electron chi connectivity index (χ0n) is 23.4. The highest BCUT2D eigenvalue weighted by molar-refractivity contribution is 5.67. The molecular weight excluding hydrogens is 511 g/mol. The molecular formula is C30H39F5N4. The van der Waals surface area contributed by atoms with Crippen molar-refractivity contribution in [2.75, 3.05) is 6.54 Å². The summed E-state index contributed by atoms with van der Waals surface area (Å²) in [6.45, 7) is 14.6. The van der Waals surface area contributed by atoms with Gasteiger partial charge in [0, 0.05) is 36.8 Å². The zero-order chi connectivity index (χ0) is 29.3. The lowest BCUT2D eigenvalue weighted by Crippen LogP contribution is -2.36. The van der Waals surface area contributed by atoms with Gasteiger partial charge in [-0.1, -0.05) is 65.5 Å². The van der Waals surface area contributed by atoms with Crippen molar-refractivity contribution in [1.29, 1.82) is 0 Å².